The van der Waals surface area contributed by atoms with Crippen LogP contribution < -0.4 is 14.4 Å². The zero-order valence-electron chi connectivity index (χ0n) is 31.2. The first-order chi connectivity index (χ1) is 24.8. The number of carbonyl (C=O) groups is 2. The van der Waals surface area contributed by atoms with Gasteiger partial charge in [0.25, 0.3) is 5.91 Å². The molecule has 0 radical (unpaired) electrons. The zero-order valence-corrected chi connectivity index (χ0v) is 32.8. The van der Waals surface area contributed by atoms with Crippen molar-refractivity contribution in [2.45, 2.75) is 75.1 Å². The van der Waals surface area contributed by atoms with Crippen molar-refractivity contribution in [3.63, 3.8) is 0 Å². The molecule has 3 aliphatic heterocycles. The Labute approximate surface area is 315 Å². The monoisotopic (exact) mass is 750 g/mol. The highest BCUT2D eigenvalue weighted by Crippen LogP contribution is 2.50. The quantitative estimate of drug-likeness (QED) is 0.315. The van der Waals surface area contributed by atoms with Gasteiger partial charge >= 0.3 is 0 Å². The maximum Gasteiger partial charge on any atom is 0.262 e. The summed E-state index contributed by atoms with van der Waals surface area (Å²) in [5.74, 6) is 5.15. The minimum Gasteiger partial charge on any atom is -0.490 e. The van der Waals surface area contributed by atoms with Crippen molar-refractivity contribution in [2.75, 3.05) is 64.9 Å². The molecule has 1 saturated carbocycles. The lowest BCUT2D eigenvalue weighted by Gasteiger charge is -2.51. The highest BCUT2D eigenvalue weighted by molar-refractivity contribution is 7.99. The maximum atomic E-state index is 14.0. The number of fused-ring (bicyclic) bond motifs is 4. The predicted molar refractivity (Wildman–Crippen MR) is 210 cm³/mol. The molecule has 3 heterocycles. The molecule has 1 N–H and O–H groups in total. The third kappa shape index (κ3) is 7.13. The van der Waals surface area contributed by atoms with Gasteiger partial charge in [0.1, 0.15) is 5.75 Å². The number of aryl methyl sites for hydroxylation is 1. The first-order valence-electron chi connectivity index (χ1n) is 19.0. The molecule has 2 aromatic carbocycles. The molecule has 2 bridgehead atoms. The van der Waals surface area contributed by atoms with E-state index >= 15 is 0 Å². The molecule has 7 rings (SSSR count). The van der Waals surface area contributed by atoms with Crippen molar-refractivity contribution in [2.24, 2.45) is 17.8 Å². The number of halogens is 1. The van der Waals surface area contributed by atoms with Crippen LogP contribution in [0.2, 0.25) is 5.02 Å². The lowest BCUT2D eigenvalue weighted by atomic mass is 9.63. The fourth-order valence-electron chi connectivity index (χ4n) is 9.37. The normalized spacial score (nSPS) is 34.7. The van der Waals surface area contributed by atoms with Crippen molar-refractivity contribution < 1.29 is 23.3 Å². The molecule has 9 nitrogen and oxygen atoms in total. The second-order valence-electron chi connectivity index (χ2n) is 16.2. The second-order valence-corrected chi connectivity index (χ2v) is 19.0. The fraction of sp³-hybridized carbons (Fsp3) is 0.585. The molecular weight excluding hydrogens is 696 g/mol. The number of likely N-dealkylation sites (N-methyl/N-ethyl adjacent to an activating group) is 1. The van der Waals surface area contributed by atoms with Crippen LogP contribution in [0.15, 0.2) is 48.6 Å². The number of piperazine rings is 1. The molecule has 7 atom stereocenters. The van der Waals surface area contributed by atoms with Gasteiger partial charge in [-0.2, -0.15) is 0 Å². The van der Waals surface area contributed by atoms with Gasteiger partial charge in [0.2, 0.25) is 5.91 Å². The summed E-state index contributed by atoms with van der Waals surface area (Å²) in [5, 5.41) is 0.390. The summed E-state index contributed by atoms with van der Waals surface area (Å²) in [6.07, 6.45) is 11.0. The Morgan fingerprint density at radius 3 is 2.71 bits per heavy atom. The van der Waals surface area contributed by atoms with Gasteiger partial charge in [0.15, 0.2) is 0 Å². The molecule has 0 aromatic heterocycles. The van der Waals surface area contributed by atoms with Gasteiger partial charge in [0, 0.05) is 68.1 Å². The van der Waals surface area contributed by atoms with E-state index in [9.17, 15) is 13.8 Å². The smallest absolute Gasteiger partial charge is 0.262 e. The van der Waals surface area contributed by atoms with Gasteiger partial charge in [-0.15, -0.1) is 0 Å². The van der Waals surface area contributed by atoms with Crippen LogP contribution in [0, 0.1) is 17.8 Å². The minimum absolute atomic E-state index is 0.00293. The fourth-order valence-corrected chi connectivity index (χ4v) is 11.0. The number of benzene rings is 2. The highest BCUT2D eigenvalue weighted by atomic mass is 35.5. The van der Waals surface area contributed by atoms with Gasteiger partial charge in [-0.25, -0.2) is 4.21 Å². The Kier molecular flexibility index (Phi) is 10.5. The van der Waals surface area contributed by atoms with E-state index in [0.29, 0.717) is 31.1 Å². The molecule has 1 unspecified atom stereocenters. The van der Waals surface area contributed by atoms with Crippen molar-refractivity contribution in [3.8, 4) is 5.75 Å². The van der Waals surface area contributed by atoms with Crippen LogP contribution in [0.3, 0.4) is 0 Å². The van der Waals surface area contributed by atoms with E-state index < -0.39 is 15.3 Å². The molecule has 2 aromatic rings. The van der Waals surface area contributed by atoms with Crippen molar-refractivity contribution in [1.29, 1.82) is 0 Å². The number of nitrogens with zero attached hydrogens (tertiary/aromatic N) is 3. The number of anilines is 1. The number of hydrogen-bond donors (Lipinski definition) is 1. The van der Waals surface area contributed by atoms with E-state index in [4.69, 9.17) is 21.1 Å². The topological polar surface area (TPSA) is 91.4 Å². The molecule has 52 heavy (non-hydrogen) atoms. The summed E-state index contributed by atoms with van der Waals surface area (Å²) < 4.78 is 30.2. The number of methoxy groups -OCH3 is 1. The van der Waals surface area contributed by atoms with E-state index in [1.165, 1.54) is 11.1 Å². The molecule has 2 fully saturated rings. The summed E-state index contributed by atoms with van der Waals surface area (Å²) >= 11 is 6.50. The maximum absolute atomic E-state index is 14.0. The highest BCUT2D eigenvalue weighted by Gasteiger charge is 2.49. The minimum atomic E-state index is -2.98. The molecule has 1 spiro atoms. The number of rotatable bonds is 4. The van der Waals surface area contributed by atoms with Crippen molar-refractivity contribution in [3.05, 3.63) is 70.3 Å². The Morgan fingerprint density at radius 1 is 1.13 bits per heavy atom. The third-order valence-corrected chi connectivity index (χ3v) is 15.5. The summed E-state index contributed by atoms with van der Waals surface area (Å²) in [6.45, 7) is 8.79. The van der Waals surface area contributed by atoms with Crippen LogP contribution >= 0.6 is 11.6 Å². The largest absolute Gasteiger partial charge is 0.490 e. The van der Waals surface area contributed by atoms with Crippen LogP contribution in [0.1, 0.15) is 73.9 Å². The van der Waals surface area contributed by atoms with Gasteiger partial charge in [-0.05, 0) is 117 Å². The number of hydrogen-bond acceptors (Lipinski definition) is 7. The lowest BCUT2D eigenvalue weighted by Crippen LogP contribution is -2.55. The number of nitrogens with one attached hydrogen (secondary N) is 1. The van der Waals surface area contributed by atoms with Crippen molar-refractivity contribution >= 4 is 44.7 Å². The molecule has 2 aliphatic carbocycles. The molecule has 282 valence electrons. The van der Waals surface area contributed by atoms with Crippen LogP contribution in [-0.2, 0) is 31.1 Å². The standard InChI is InChI=1S/C41H55ClN4O5S/c1-28-8-6-17-41(50-4,18-19-45-21-20-44(3)38(47)25-45)35-13-10-32(35)24-46-26-40(16-7-9-30-22-33(42)12-14-34(30)40)27-51-37-15-11-31(23-36(37)46)39(48)43-52(5,49)29(28)2/h6,11-12,14-15,17,22-23,28-29,32,35H,5,7-10,13,16,18-21,24-27H2,1-4H3,(H,43,48,49)/b17-6+/t28-,29+,32-,35+,40-,41-,52?/m0/s1. The summed E-state index contributed by atoms with van der Waals surface area (Å²) in [7, 11) is 0.727. The van der Waals surface area contributed by atoms with Gasteiger partial charge in [0.05, 0.1) is 34.1 Å². The molecular formula is C41H55ClN4O5S. The number of amides is 2. The molecule has 5 aliphatic rings. The van der Waals surface area contributed by atoms with Crippen LogP contribution in [0.4, 0.5) is 5.69 Å². The summed E-state index contributed by atoms with van der Waals surface area (Å²) in [5.41, 5.74) is 3.12. The Bertz CT molecular complexity index is 1830. The lowest BCUT2D eigenvalue weighted by molar-refractivity contribution is -0.135. The Hall–Kier alpha value is -3.05. The van der Waals surface area contributed by atoms with E-state index in [-0.39, 0.29) is 34.3 Å². The van der Waals surface area contributed by atoms with E-state index in [0.717, 1.165) is 87.7 Å². The molecule has 11 heteroatoms. The van der Waals surface area contributed by atoms with Crippen LogP contribution in [-0.4, -0.2) is 103 Å². The van der Waals surface area contributed by atoms with Gasteiger partial charge < -0.3 is 19.3 Å². The van der Waals surface area contributed by atoms with Crippen LogP contribution in [0.5, 0.6) is 5.75 Å². The average molecular weight is 751 g/mol. The van der Waals surface area contributed by atoms with Gasteiger partial charge in [-0.3, -0.25) is 19.2 Å². The van der Waals surface area contributed by atoms with E-state index in [1.807, 2.05) is 44.2 Å². The number of allylic oxidation sites excluding steroid dienone is 1. The Balaban J connectivity index is 1.28. The number of carbonyl (C=O) groups excluding carboxylic acids is 2. The number of ether oxygens (including phenoxy) is 2. The van der Waals surface area contributed by atoms with E-state index in [1.54, 1.807) is 6.07 Å². The molecule has 1 saturated heterocycles. The summed E-state index contributed by atoms with van der Waals surface area (Å²) in [6, 6.07) is 11.9. The van der Waals surface area contributed by atoms with Crippen molar-refractivity contribution in [1.82, 2.24) is 14.5 Å². The van der Waals surface area contributed by atoms with Crippen LogP contribution in [0.25, 0.3) is 0 Å². The second kappa shape index (κ2) is 14.6. The first kappa shape index (κ1) is 37.3. The zero-order chi connectivity index (χ0) is 36.8. The van der Waals surface area contributed by atoms with E-state index in [2.05, 4.69) is 51.6 Å². The van der Waals surface area contributed by atoms with Gasteiger partial charge in [-0.1, -0.05) is 36.7 Å². The Morgan fingerprint density at radius 2 is 1.96 bits per heavy atom. The third-order valence-electron chi connectivity index (χ3n) is 13.1. The first-order valence-corrected chi connectivity index (χ1v) is 21.2. The summed E-state index contributed by atoms with van der Waals surface area (Å²) in [4.78, 5) is 32.9. The predicted octanol–water partition coefficient (Wildman–Crippen LogP) is 5.73. The molecule has 2 amide bonds. The average Bonchev–Trinajstić information content (AvgIpc) is 3.26. The SMILES string of the molecule is C=S1(=O)NC(=O)c2ccc3c(c2)N(C[C@@H]2CC[C@H]2[C@](CCN2CCN(C)C(=O)C2)(OC)/C=C/C[C@H](C)[C@H]1C)C[C@@]1(CCCc2cc(Cl)ccc21)CO3.